The van der Waals surface area contributed by atoms with Crippen molar-refractivity contribution < 1.29 is 23.1 Å². The number of likely N-dealkylation sites (tertiary alicyclic amines) is 1. The Balaban J connectivity index is 0.00000200. The number of amides is 1. The zero-order valence-electron chi connectivity index (χ0n) is 11.2. The summed E-state index contributed by atoms with van der Waals surface area (Å²) in [7, 11) is 0. The Labute approximate surface area is 122 Å². The van der Waals surface area contributed by atoms with Crippen molar-refractivity contribution in [2.24, 2.45) is 5.92 Å². The molecule has 0 spiro atoms. The van der Waals surface area contributed by atoms with Crippen molar-refractivity contribution >= 4 is 18.3 Å². The van der Waals surface area contributed by atoms with Gasteiger partial charge in [-0.2, -0.15) is 13.2 Å². The summed E-state index contributed by atoms with van der Waals surface area (Å²) >= 11 is 0. The van der Waals surface area contributed by atoms with Crippen molar-refractivity contribution in [3.05, 3.63) is 0 Å². The second-order valence-electron chi connectivity index (χ2n) is 5.62. The quantitative estimate of drug-likeness (QED) is 0.767. The first-order chi connectivity index (χ1) is 8.73. The topological polar surface area (TPSA) is 52.6 Å². The Hall–Kier alpha value is -0.530. The van der Waals surface area contributed by atoms with E-state index in [0.29, 0.717) is 19.4 Å². The van der Waals surface area contributed by atoms with E-state index in [4.69, 9.17) is 0 Å². The van der Waals surface area contributed by atoms with Crippen LogP contribution in [0.1, 0.15) is 26.2 Å². The Morgan fingerprint density at radius 2 is 2.10 bits per heavy atom. The van der Waals surface area contributed by atoms with E-state index in [0.717, 1.165) is 4.90 Å². The number of carbonyl (C=O) groups is 1. The van der Waals surface area contributed by atoms with Gasteiger partial charge in [0.15, 0.2) is 5.60 Å². The first-order valence-electron chi connectivity index (χ1n) is 6.54. The maximum absolute atomic E-state index is 12.7. The minimum atomic E-state index is -4.68. The number of nitrogens with one attached hydrogen (secondary N) is 1. The molecule has 0 aromatic carbocycles. The molecule has 1 unspecified atom stereocenters. The third kappa shape index (κ3) is 3.38. The first-order valence-corrected chi connectivity index (χ1v) is 6.54. The standard InChI is InChI=1S/C12H19F3N2O2.ClH/c1-8-6-9(2-4-16-8)10(18)17-5-3-11(19,7-17)12(13,14)15;/h8-9,16,19H,2-7H2,1H3;1H/t8-,9-,11?;/m0./s1. The number of carbonyl (C=O) groups excluding carboxylic acids is 1. The first kappa shape index (κ1) is 17.5. The fraction of sp³-hybridized carbons (Fsp3) is 0.917. The summed E-state index contributed by atoms with van der Waals surface area (Å²) in [5.74, 6) is -0.486. The van der Waals surface area contributed by atoms with E-state index in [2.05, 4.69) is 5.32 Å². The van der Waals surface area contributed by atoms with Crippen LogP contribution in [0, 0.1) is 5.92 Å². The van der Waals surface area contributed by atoms with Crippen molar-refractivity contribution in [2.45, 2.75) is 44.0 Å². The van der Waals surface area contributed by atoms with Crippen LogP contribution in [0.4, 0.5) is 13.2 Å². The molecular weight excluding hydrogens is 297 g/mol. The molecule has 0 aromatic heterocycles. The Bertz CT molecular complexity index is 367. The molecule has 4 nitrogen and oxygen atoms in total. The van der Waals surface area contributed by atoms with Gasteiger partial charge in [0, 0.05) is 24.9 Å². The van der Waals surface area contributed by atoms with Crippen molar-refractivity contribution in [3.8, 4) is 0 Å². The molecule has 0 aliphatic carbocycles. The summed E-state index contributed by atoms with van der Waals surface area (Å²) in [6, 6.07) is 0.201. The van der Waals surface area contributed by atoms with Crippen LogP contribution < -0.4 is 5.32 Å². The van der Waals surface area contributed by atoms with E-state index in [-0.39, 0.29) is 36.8 Å². The SMILES string of the molecule is C[C@H]1C[C@@H](C(=O)N2CCC(O)(C(F)(F)F)C2)CCN1.Cl. The van der Waals surface area contributed by atoms with E-state index < -0.39 is 24.7 Å². The van der Waals surface area contributed by atoms with Crippen LogP contribution in [0.5, 0.6) is 0 Å². The molecule has 3 atom stereocenters. The van der Waals surface area contributed by atoms with E-state index >= 15 is 0 Å². The van der Waals surface area contributed by atoms with Gasteiger partial charge in [0.1, 0.15) is 0 Å². The average Bonchev–Trinajstić information content (AvgIpc) is 2.72. The molecule has 2 aliphatic heterocycles. The van der Waals surface area contributed by atoms with Crippen molar-refractivity contribution in [3.63, 3.8) is 0 Å². The number of nitrogens with zero attached hydrogens (tertiary/aromatic N) is 1. The molecule has 118 valence electrons. The van der Waals surface area contributed by atoms with Gasteiger partial charge in [0.25, 0.3) is 0 Å². The highest BCUT2D eigenvalue weighted by atomic mass is 35.5. The lowest BCUT2D eigenvalue weighted by molar-refractivity contribution is -0.253. The smallest absolute Gasteiger partial charge is 0.379 e. The van der Waals surface area contributed by atoms with E-state index in [1.807, 2.05) is 6.92 Å². The minimum absolute atomic E-state index is 0. The summed E-state index contributed by atoms with van der Waals surface area (Å²) in [4.78, 5) is 13.3. The highest BCUT2D eigenvalue weighted by Gasteiger charge is 2.58. The molecule has 2 fully saturated rings. The van der Waals surface area contributed by atoms with Crippen LogP contribution in [0.15, 0.2) is 0 Å². The number of alkyl halides is 3. The minimum Gasteiger partial charge on any atom is -0.379 e. The predicted octanol–water partition coefficient (Wildman–Crippen LogP) is 1.32. The lowest BCUT2D eigenvalue weighted by atomic mass is 9.92. The summed E-state index contributed by atoms with van der Waals surface area (Å²) in [6.07, 6.45) is -3.82. The lowest BCUT2D eigenvalue weighted by Crippen LogP contribution is -2.49. The van der Waals surface area contributed by atoms with Gasteiger partial charge in [-0.05, 0) is 26.3 Å². The maximum atomic E-state index is 12.7. The van der Waals surface area contributed by atoms with E-state index in [9.17, 15) is 23.1 Å². The average molecular weight is 317 g/mol. The number of β-amino-alcohol motifs (C(OH)–C–C–N with tert-alkyl or cyclic N) is 1. The second-order valence-corrected chi connectivity index (χ2v) is 5.62. The number of piperidine rings is 1. The van der Waals surface area contributed by atoms with Crippen LogP contribution in [-0.2, 0) is 4.79 Å². The number of hydrogen-bond donors (Lipinski definition) is 2. The van der Waals surface area contributed by atoms with Gasteiger partial charge in [0.2, 0.25) is 5.91 Å². The largest absolute Gasteiger partial charge is 0.419 e. The van der Waals surface area contributed by atoms with Crippen LogP contribution in [0.25, 0.3) is 0 Å². The lowest BCUT2D eigenvalue weighted by Gasteiger charge is -2.31. The molecule has 0 radical (unpaired) electrons. The third-order valence-corrected chi connectivity index (χ3v) is 4.06. The Morgan fingerprint density at radius 1 is 1.45 bits per heavy atom. The molecule has 8 heteroatoms. The number of rotatable bonds is 1. The summed E-state index contributed by atoms with van der Waals surface area (Å²) < 4.78 is 38.1. The molecule has 2 heterocycles. The Kier molecular flexibility index (Phi) is 5.32. The molecule has 0 saturated carbocycles. The predicted molar refractivity (Wildman–Crippen MR) is 69.6 cm³/mol. The zero-order chi connectivity index (χ0) is 14.3. The highest BCUT2D eigenvalue weighted by molar-refractivity contribution is 5.85. The summed E-state index contributed by atoms with van der Waals surface area (Å²) in [5, 5.41) is 12.8. The summed E-state index contributed by atoms with van der Waals surface area (Å²) in [5.41, 5.74) is -2.73. The molecule has 1 amide bonds. The van der Waals surface area contributed by atoms with Gasteiger partial charge in [-0.15, -0.1) is 12.4 Å². The van der Waals surface area contributed by atoms with Gasteiger partial charge in [-0.25, -0.2) is 0 Å². The van der Waals surface area contributed by atoms with Crippen molar-refractivity contribution in [1.82, 2.24) is 10.2 Å². The maximum Gasteiger partial charge on any atom is 0.419 e. The van der Waals surface area contributed by atoms with E-state index in [1.165, 1.54) is 0 Å². The van der Waals surface area contributed by atoms with Crippen molar-refractivity contribution in [1.29, 1.82) is 0 Å². The van der Waals surface area contributed by atoms with Crippen LogP contribution >= 0.6 is 12.4 Å². The number of aliphatic hydroxyl groups is 1. The van der Waals surface area contributed by atoms with Crippen molar-refractivity contribution in [2.75, 3.05) is 19.6 Å². The van der Waals surface area contributed by atoms with Gasteiger partial charge in [0.05, 0.1) is 6.54 Å². The molecule has 2 rings (SSSR count). The molecular formula is C12H20ClF3N2O2. The van der Waals surface area contributed by atoms with Crippen LogP contribution in [0.3, 0.4) is 0 Å². The molecule has 2 aliphatic rings. The van der Waals surface area contributed by atoms with Gasteiger partial charge in [-0.3, -0.25) is 4.79 Å². The molecule has 20 heavy (non-hydrogen) atoms. The van der Waals surface area contributed by atoms with E-state index in [1.54, 1.807) is 0 Å². The summed E-state index contributed by atoms with van der Waals surface area (Å²) in [6.45, 7) is 2.01. The third-order valence-electron chi connectivity index (χ3n) is 4.06. The van der Waals surface area contributed by atoms with Gasteiger partial charge >= 0.3 is 6.18 Å². The molecule has 2 N–H and O–H groups in total. The zero-order valence-corrected chi connectivity index (χ0v) is 12.1. The fourth-order valence-electron chi connectivity index (χ4n) is 2.83. The van der Waals surface area contributed by atoms with Crippen LogP contribution in [0.2, 0.25) is 0 Å². The second kappa shape index (κ2) is 6.07. The highest BCUT2D eigenvalue weighted by Crippen LogP contribution is 2.38. The molecule has 0 aromatic rings. The molecule has 0 bridgehead atoms. The monoisotopic (exact) mass is 316 g/mol. The molecule has 2 saturated heterocycles. The van der Waals surface area contributed by atoms with Crippen LogP contribution in [-0.4, -0.2) is 53.4 Å². The number of halogens is 4. The fourth-order valence-corrected chi connectivity index (χ4v) is 2.83. The number of hydrogen-bond acceptors (Lipinski definition) is 3. The normalized spacial score (nSPS) is 34.8. The van der Waals surface area contributed by atoms with Gasteiger partial charge < -0.3 is 15.3 Å². The Morgan fingerprint density at radius 3 is 2.60 bits per heavy atom. The van der Waals surface area contributed by atoms with Gasteiger partial charge in [-0.1, -0.05) is 0 Å².